The van der Waals surface area contributed by atoms with E-state index in [0.29, 0.717) is 0 Å². The first-order valence-electron chi connectivity index (χ1n) is 11.6. The fourth-order valence-electron chi connectivity index (χ4n) is 3.43. The van der Waals surface area contributed by atoms with E-state index < -0.39 is 0 Å². The molecule has 0 aliphatic carbocycles. The molecule has 5 heteroatoms. The molecule has 5 nitrogen and oxygen atoms in total. The number of hydrogen-bond acceptors (Lipinski definition) is 4. The quantitative estimate of drug-likeness (QED) is 0.332. The number of hydrogen-bond donors (Lipinski definition) is 2. The lowest BCUT2D eigenvalue weighted by Gasteiger charge is -2.18. The fourth-order valence-corrected chi connectivity index (χ4v) is 3.43. The number of unbranched alkanes of at least 4 members (excludes halogenated alkanes) is 9. The summed E-state index contributed by atoms with van der Waals surface area (Å²) in [4.78, 5) is 6.66. The predicted octanol–water partition coefficient (Wildman–Crippen LogP) is 4.82. The third-order valence-electron chi connectivity index (χ3n) is 5.35. The summed E-state index contributed by atoms with van der Waals surface area (Å²) in [7, 11) is 0. The van der Waals surface area contributed by atoms with Crippen LogP contribution in [-0.4, -0.2) is 40.6 Å². The minimum atomic E-state index is 0.754. The van der Waals surface area contributed by atoms with Crippen molar-refractivity contribution in [3.63, 3.8) is 0 Å². The number of nitrogens with zero attached hydrogens (tertiary/aromatic N) is 3. The zero-order valence-corrected chi connectivity index (χ0v) is 18.5. The van der Waals surface area contributed by atoms with Crippen molar-refractivity contribution in [2.24, 2.45) is 5.73 Å². The summed E-state index contributed by atoms with van der Waals surface area (Å²) in [5.74, 6) is 1.14. The maximum Gasteiger partial charge on any atom is 0.105 e. The van der Waals surface area contributed by atoms with Gasteiger partial charge in [0.15, 0.2) is 0 Å². The average Bonchev–Trinajstić information content (AvgIpc) is 3.11. The van der Waals surface area contributed by atoms with Crippen LogP contribution in [0.1, 0.15) is 83.4 Å². The topological polar surface area (TPSA) is 59.1 Å². The van der Waals surface area contributed by atoms with Gasteiger partial charge in [-0.15, -0.1) is 0 Å². The van der Waals surface area contributed by atoms with Crippen LogP contribution < -0.4 is 11.1 Å². The van der Waals surface area contributed by atoms with Crippen LogP contribution in [-0.2, 0) is 6.54 Å². The van der Waals surface area contributed by atoms with E-state index >= 15 is 0 Å². The number of imidazole rings is 1. The van der Waals surface area contributed by atoms with Gasteiger partial charge in [-0.2, -0.15) is 0 Å². The zero-order chi connectivity index (χ0) is 20.3. The molecule has 0 spiro atoms. The summed E-state index contributed by atoms with van der Waals surface area (Å²) in [6, 6.07) is 0. The van der Waals surface area contributed by atoms with E-state index in [-0.39, 0.29) is 0 Å². The molecule has 28 heavy (non-hydrogen) atoms. The number of aromatic nitrogens is 2. The molecule has 0 radical (unpaired) electrons. The first-order chi connectivity index (χ1) is 13.8. The van der Waals surface area contributed by atoms with Crippen molar-refractivity contribution in [1.29, 1.82) is 0 Å². The summed E-state index contributed by atoms with van der Waals surface area (Å²) < 4.78 is 2.26. The predicted molar refractivity (Wildman–Crippen MR) is 121 cm³/mol. The van der Waals surface area contributed by atoms with Crippen molar-refractivity contribution in [2.75, 3.05) is 26.2 Å². The van der Waals surface area contributed by atoms with E-state index in [0.717, 1.165) is 38.4 Å². The van der Waals surface area contributed by atoms with Gasteiger partial charge in [-0.1, -0.05) is 51.4 Å². The monoisotopic (exact) mass is 391 g/mol. The smallest absolute Gasteiger partial charge is 0.105 e. The molecule has 0 fully saturated rings. The van der Waals surface area contributed by atoms with Gasteiger partial charge < -0.3 is 20.5 Å². The molecule has 0 saturated carbocycles. The van der Waals surface area contributed by atoms with Crippen LogP contribution in [0.2, 0.25) is 0 Å². The molecule has 0 atom stereocenters. The maximum absolute atomic E-state index is 5.49. The van der Waals surface area contributed by atoms with E-state index in [1.165, 1.54) is 70.8 Å². The largest absolute Gasteiger partial charge is 0.390 e. The maximum atomic E-state index is 5.49. The molecule has 0 amide bonds. The Bertz CT molecular complexity index is 483. The molecule has 0 aliphatic heterocycles. The zero-order valence-electron chi connectivity index (χ0n) is 18.5. The normalized spacial score (nSPS) is 11.4. The molecular formula is C23H45N5. The van der Waals surface area contributed by atoms with Crippen LogP contribution in [0.4, 0.5) is 0 Å². The summed E-state index contributed by atoms with van der Waals surface area (Å²) in [5.41, 5.74) is 5.49. The molecule has 0 aliphatic rings. The Kier molecular flexibility index (Phi) is 15.4. The number of aryl methyl sites for hydroxylation is 2. The van der Waals surface area contributed by atoms with Gasteiger partial charge in [0.25, 0.3) is 0 Å². The minimum absolute atomic E-state index is 0.754. The standard InChI is InChI=1S/C23H45N5/c1-3-27(21-17-25-16-14-15-24)19-12-10-8-6-4-5-7-9-11-13-20-28-22-18-26-23(28)2/h17-18,21-22,25H,3-16,19-20,24H2,1-2H3/b21-17-. The first-order valence-corrected chi connectivity index (χ1v) is 11.6. The third-order valence-corrected chi connectivity index (χ3v) is 5.35. The Labute approximate surface area is 173 Å². The third kappa shape index (κ3) is 12.8. The minimum Gasteiger partial charge on any atom is -0.390 e. The molecule has 0 unspecified atom stereocenters. The second kappa shape index (κ2) is 17.6. The second-order valence-electron chi connectivity index (χ2n) is 7.74. The lowest BCUT2D eigenvalue weighted by atomic mass is 10.1. The molecule has 1 aromatic heterocycles. The number of nitrogens with one attached hydrogen (secondary N) is 1. The van der Waals surface area contributed by atoms with Crippen LogP contribution >= 0.6 is 0 Å². The van der Waals surface area contributed by atoms with Gasteiger partial charge in [-0.3, -0.25) is 0 Å². The molecule has 1 heterocycles. The van der Waals surface area contributed by atoms with Crippen molar-refractivity contribution in [1.82, 2.24) is 19.8 Å². The SMILES string of the molecule is CCN(/C=C\NCCCN)CCCCCCCCCCCCn1ccnc1C. The van der Waals surface area contributed by atoms with Crippen LogP contribution in [0.15, 0.2) is 24.8 Å². The highest BCUT2D eigenvalue weighted by Crippen LogP contribution is 2.11. The Morgan fingerprint density at radius 2 is 1.64 bits per heavy atom. The van der Waals surface area contributed by atoms with Crippen molar-refractivity contribution in [3.8, 4) is 0 Å². The van der Waals surface area contributed by atoms with Crippen molar-refractivity contribution < 1.29 is 0 Å². The van der Waals surface area contributed by atoms with Gasteiger partial charge in [0.2, 0.25) is 0 Å². The van der Waals surface area contributed by atoms with E-state index in [1.807, 2.05) is 6.20 Å². The molecule has 1 aromatic rings. The molecule has 1 rings (SSSR count). The van der Waals surface area contributed by atoms with Crippen molar-refractivity contribution in [2.45, 2.75) is 91.0 Å². The summed E-state index contributed by atoms with van der Waals surface area (Å²) in [5, 5.41) is 3.30. The Hall–Kier alpha value is -1.49. The van der Waals surface area contributed by atoms with E-state index in [9.17, 15) is 0 Å². The molecule has 0 aromatic carbocycles. The van der Waals surface area contributed by atoms with Gasteiger partial charge >= 0.3 is 0 Å². The van der Waals surface area contributed by atoms with E-state index in [2.05, 4.69) is 52.2 Å². The van der Waals surface area contributed by atoms with Crippen LogP contribution in [0.5, 0.6) is 0 Å². The number of nitrogens with two attached hydrogens (primary N) is 1. The highest BCUT2D eigenvalue weighted by Gasteiger charge is 1.98. The van der Waals surface area contributed by atoms with Gasteiger partial charge in [-0.25, -0.2) is 4.98 Å². The lowest BCUT2D eigenvalue weighted by Crippen LogP contribution is -2.20. The number of rotatable bonds is 19. The van der Waals surface area contributed by atoms with Gasteiger partial charge in [0.1, 0.15) is 5.82 Å². The Morgan fingerprint density at radius 3 is 2.21 bits per heavy atom. The van der Waals surface area contributed by atoms with E-state index in [4.69, 9.17) is 5.73 Å². The summed E-state index contributed by atoms with van der Waals surface area (Å²) in [6.45, 7) is 9.40. The molecule has 0 bridgehead atoms. The first kappa shape index (κ1) is 24.5. The van der Waals surface area contributed by atoms with Crippen molar-refractivity contribution in [3.05, 3.63) is 30.6 Å². The fraction of sp³-hybridized carbons (Fsp3) is 0.783. The van der Waals surface area contributed by atoms with Crippen LogP contribution in [0.25, 0.3) is 0 Å². The summed E-state index contributed by atoms with van der Waals surface area (Å²) in [6.07, 6.45) is 22.9. The van der Waals surface area contributed by atoms with Crippen LogP contribution in [0, 0.1) is 6.92 Å². The molecule has 162 valence electrons. The lowest BCUT2D eigenvalue weighted by molar-refractivity contribution is 0.377. The highest BCUT2D eigenvalue weighted by molar-refractivity contribution is 4.88. The molecule has 3 N–H and O–H groups in total. The van der Waals surface area contributed by atoms with Crippen molar-refractivity contribution >= 4 is 0 Å². The summed E-state index contributed by atoms with van der Waals surface area (Å²) >= 11 is 0. The highest BCUT2D eigenvalue weighted by atomic mass is 15.1. The van der Waals surface area contributed by atoms with Gasteiger partial charge in [-0.05, 0) is 39.7 Å². The van der Waals surface area contributed by atoms with Gasteiger partial charge in [0, 0.05) is 51.0 Å². The average molecular weight is 392 g/mol. The van der Waals surface area contributed by atoms with Gasteiger partial charge in [0.05, 0.1) is 0 Å². The second-order valence-corrected chi connectivity index (χ2v) is 7.74. The van der Waals surface area contributed by atoms with E-state index in [1.54, 1.807) is 0 Å². The van der Waals surface area contributed by atoms with Crippen LogP contribution in [0.3, 0.4) is 0 Å². The molecular weight excluding hydrogens is 346 g/mol. The molecule has 0 saturated heterocycles. The Morgan fingerprint density at radius 1 is 1.00 bits per heavy atom. The Balaban J connectivity index is 1.84.